The Hall–Kier alpha value is -2.27. The van der Waals surface area contributed by atoms with E-state index in [1.165, 1.54) is 6.07 Å². The van der Waals surface area contributed by atoms with Crippen LogP contribution in [0.5, 0.6) is 0 Å². The second kappa shape index (κ2) is 4.44. The number of hydrogen-bond acceptors (Lipinski definition) is 4. The summed E-state index contributed by atoms with van der Waals surface area (Å²) in [4.78, 5) is 3.98. The molecule has 19 heavy (non-hydrogen) atoms. The van der Waals surface area contributed by atoms with Crippen molar-refractivity contribution >= 4 is 28.2 Å². The molecule has 0 aliphatic rings. The molecule has 94 valence electrons. The van der Waals surface area contributed by atoms with Gasteiger partial charge in [0.25, 0.3) is 0 Å². The van der Waals surface area contributed by atoms with Crippen LogP contribution in [-0.4, -0.2) is 15.2 Å². The maximum Gasteiger partial charge on any atom is 0.155 e. The molecule has 4 nitrogen and oxygen atoms in total. The lowest BCUT2D eigenvalue weighted by atomic mass is 10.1. The Bertz CT molecular complexity index is 776. The first-order chi connectivity index (χ1) is 9.16. The fourth-order valence-electron chi connectivity index (χ4n) is 1.90. The molecule has 0 spiro atoms. The summed E-state index contributed by atoms with van der Waals surface area (Å²) in [5, 5.41) is 9.48. The molecule has 1 aromatic carbocycles. The summed E-state index contributed by atoms with van der Waals surface area (Å²) in [7, 11) is 0. The zero-order valence-electron chi connectivity index (χ0n) is 9.64. The number of fused-ring (bicyclic) bond motifs is 1. The van der Waals surface area contributed by atoms with E-state index in [1.807, 2.05) is 0 Å². The van der Waals surface area contributed by atoms with Gasteiger partial charge in [-0.15, -0.1) is 10.2 Å². The monoisotopic (exact) mass is 274 g/mol. The SMILES string of the molecule is Nc1nnc(-c2ccc(Cl)cc2F)c2ccncc12. The minimum Gasteiger partial charge on any atom is -0.382 e. The molecule has 0 atom stereocenters. The van der Waals surface area contributed by atoms with E-state index < -0.39 is 5.82 Å². The first kappa shape index (κ1) is 11.8. The third-order valence-electron chi connectivity index (χ3n) is 2.80. The van der Waals surface area contributed by atoms with Crippen molar-refractivity contribution in [3.05, 3.63) is 47.5 Å². The van der Waals surface area contributed by atoms with Crippen LogP contribution in [0.2, 0.25) is 5.02 Å². The summed E-state index contributed by atoms with van der Waals surface area (Å²) in [5.74, 6) is -0.189. The van der Waals surface area contributed by atoms with Gasteiger partial charge in [-0.1, -0.05) is 11.6 Å². The van der Waals surface area contributed by atoms with Gasteiger partial charge in [-0.2, -0.15) is 0 Å². The molecule has 0 aliphatic carbocycles. The number of nitrogens with zero attached hydrogens (tertiary/aromatic N) is 3. The molecule has 2 aromatic heterocycles. The Kier molecular flexibility index (Phi) is 2.76. The van der Waals surface area contributed by atoms with Gasteiger partial charge >= 0.3 is 0 Å². The van der Waals surface area contributed by atoms with Gasteiger partial charge in [0.1, 0.15) is 11.5 Å². The highest BCUT2D eigenvalue weighted by Gasteiger charge is 2.13. The van der Waals surface area contributed by atoms with E-state index in [4.69, 9.17) is 17.3 Å². The summed E-state index contributed by atoms with van der Waals surface area (Å²) < 4.78 is 14.0. The number of anilines is 1. The van der Waals surface area contributed by atoms with Crippen LogP contribution >= 0.6 is 11.6 Å². The second-order valence-corrected chi connectivity index (χ2v) is 4.42. The molecule has 0 amide bonds. The van der Waals surface area contributed by atoms with Crippen LogP contribution < -0.4 is 5.73 Å². The van der Waals surface area contributed by atoms with Crippen molar-refractivity contribution in [3.8, 4) is 11.3 Å². The fourth-order valence-corrected chi connectivity index (χ4v) is 2.06. The van der Waals surface area contributed by atoms with E-state index in [1.54, 1.807) is 30.6 Å². The normalized spacial score (nSPS) is 10.8. The number of nitrogen functional groups attached to an aromatic ring is 1. The first-order valence-electron chi connectivity index (χ1n) is 5.48. The lowest BCUT2D eigenvalue weighted by Crippen LogP contribution is -1.99. The van der Waals surface area contributed by atoms with Gasteiger partial charge in [-0.05, 0) is 24.3 Å². The zero-order chi connectivity index (χ0) is 13.4. The molecule has 0 aliphatic heterocycles. The van der Waals surface area contributed by atoms with E-state index >= 15 is 0 Å². The van der Waals surface area contributed by atoms with Gasteiger partial charge in [-0.3, -0.25) is 4.98 Å². The number of hydrogen-bond donors (Lipinski definition) is 1. The van der Waals surface area contributed by atoms with E-state index in [-0.39, 0.29) is 5.82 Å². The zero-order valence-corrected chi connectivity index (χ0v) is 10.4. The molecule has 2 N–H and O–H groups in total. The van der Waals surface area contributed by atoms with E-state index in [0.29, 0.717) is 27.1 Å². The van der Waals surface area contributed by atoms with Gasteiger partial charge in [0.2, 0.25) is 0 Å². The molecular formula is C13H8ClFN4. The Morgan fingerprint density at radius 3 is 2.74 bits per heavy atom. The minimum atomic E-state index is -0.454. The van der Waals surface area contributed by atoms with E-state index in [2.05, 4.69) is 15.2 Å². The molecule has 0 fully saturated rings. The van der Waals surface area contributed by atoms with Gasteiger partial charge in [0.05, 0.1) is 0 Å². The highest BCUT2D eigenvalue weighted by Crippen LogP contribution is 2.30. The van der Waals surface area contributed by atoms with Crippen LogP contribution in [-0.2, 0) is 0 Å². The van der Waals surface area contributed by atoms with E-state index in [0.717, 1.165) is 0 Å². The lowest BCUT2D eigenvalue weighted by Gasteiger charge is -2.07. The number of rotatable bonds is 1. The number of halogens is 2. The molecule has 3 aromatic rings. The predicted octanol–water partition coefficient (Wildman–Crippen LogP) is 3.07. The molecular weight excluding hydrogens is 267 g/mol. The summed E-state index contributed by atoms with van der Waals surface area (Å²) in [6.45, 7) is 0. The van der Waals surface area contributed by atoms with Gasteiger partial charge in [0.15, 0.2) is 5.82 Å². The number of pyridine rings is 1. The molecule has 6 heteroatoms. The molecule has 0 saturated heterocycles. The van der Waals surface area contributed by atoms with Crippen LogP contribution in [0.1, 0.15) is 0 Å². The van der Waals surface area contributed by atoms with Gasteiger partial charge in [-0.25, -0.2) is 4.39 Å². The summed E-state index contributed by atoms with van der Waals surface area (Å²) in [5.41, 5.74) is 6.48. The maximum atomic E-state index is 14.0. The van der Waals surface area contributed by atoms with Crippen molar-refractivity contribution < 1.29 is 4.39 Å². The number of nitrogens with two attached hydrogens (primary N) is 1. The van der Waals surface area contributed by atoms with Crippen LogP contribution in [0.25, 0.3) is 22.0 Å². The van der Waals surface area contributed by atoms with Crippen LogP contribution in [0.4, 0.5) is 10.2 Å². The third-order valence-corrected chi connectivity index (χ3v) is 3.03. The molecule has 0 saturated carbocycles. The van der Waals surface area contributed by atoms with Crippen LogP contribution in [0.3, 0.4) is 0 Å². The van der Waals surface area contributed by atoms with Crippen molar-refractivity contribution in [2.24, 2.45) is 0 Å². The van der Waals surface area contributed by atoms with Crippen molar-refractivity contribution in [3.63, 3.8) is 0 Å². The third kappa shape index (κ3) is 1.98. The second-order valence-electron chi connectivity index (χ2n) is 3.98. The molecule has 3 rings (SSSR count). The molecule has 0 radical (unpaired) electrons. The quantitative estimate of drug-likeness (QED) is 0.741. The first-order valence-corrected chi connectivity index (χ1v) is 5.86. The molecule has 0 bridgehead atoms. The summed E-state index contributed by atoms with van der Waals surface area (Å²) in [6.07, 6.45) is 3.18. The van der Waals surface area contributed by atoms with E-state index in [9.17, 15) is 4.39 Å². The Labute approximate surface area is 113 Å². The molecule has 2 heterocycles. The Morgan fingerprint density at radius 2 is 1.95 bits per heavy atom. The summed E-state index contributed by atoms with van der Waals surface area (Å²) >= 11 is 5.74. The highest BCUT2D eigenvalue weighted by molar-refractivity contribution is 6.30. The molecule has 0 unspecified atom stereocenters. The predicted molar refractivity (Wildman–Crippen MR) is 72.1 cm³/mol. The average molecular weight is 275 g/mol. The van der Waals surface area contributed by atoms with Gasteiger partial charge in [0, 0.05) is 33.8 Å². The van der Waals surface area contributed by atoms with Crippen LogP contribution in [0.15, 0.2) is 36.7 Å². The van der Waals surface area contributed by atoms with Crippen molar-refractivity contribution in [1.82, 2.24) is 15.2 Å². The smallest absolute Gasteiger partial charge is 0.155 e. The highest BCUT2D eigenvalue weighted by atomic mass is 35.5. The largest absolute Gasteiger partial charge is 0.382 e. The fraction of sp³-hybridized carbons (Fsp3) is 0. The Balaban J connectivity index is 2.34. The number of aromatic nitrogens is 3. The number of benzene rings is 1. The average Bonchev–Trinajstić information content (AvgIpc) is 2.41. The maximum absolute atomic E-state index is 14.0. The standard InChI is InChI=1S/C13H8ClFN4/c14-7-1-2-9(11(15)5-7)12-8-3-4-17-6-10(8)13(16)19-18-12/h1-6H,(H2,16,19). The van der Waals surface area contributed by atoms with Crippen molar-refractivity contribution in [1.29, 1.82) is 0 Å². The van der Waals surface area contributed by atoms with Gasteiger partial charge < -0.3 is 5.73 Å². The van der Waals surface area contributed by atoms with Crippen molar-refractivity contribution in [2.45, 2.75) is 0 Å². The Morgan fingerprint density at radius 1 is 1.11 bits per heavy atom. The minimum absolute atomic E-state index is 0.265. The summed E-state index contributed by atoms with van der Waals surface area (Å²) in [6, 6.07) is 6.13. The van der Waals surface area contributed by atoms with Crippen molar-refractivity contribution in [2.75, 3.05) is 5.73 Å². The lowest BCUT2D eigenvalue weighted by molar-refractivity contribution is 0.630. The van der Waals surface area contributed by atoms with Crippen LogP contribution in [0, 0.1) is 5.82 Å². The topological polar surface area (TPSA) is 64.7 Å².